The molecule has 0 spiro atoms. The zero-order chi connectivity index (χ0) is 50.2. The second kappa shape index (κ2) is 55.0. The lowest BCUT2D eigenvalue weighted by molar-refractivity contribution is -0.161. The van der Waals surface area contributed by atoms with Crippen molar-refractivity contribution in [2.45, 2.75) is 277 Å². The topological polar surface area (TPSA) is 134 Å². The summed E-state index contributed by atoms with van der Waals surface area (Å²) in [5, 5.41) is 0. The first-order valence-corrected chi connectivity index (χ1v) is 30.3. The first-order chi connectivity index (χ1) is 33.8. The van der Waals surface area contributed by atoms with Crippen LogP contribution in [-0.2, 0) is 32.7 Å². The maximum atomic E-state index is 12.7. The monoisotopic (exact) mass is 990 g/mol. The summed E-state index contributed by atoms with van der Waals surface area (Å²) >= 11 is 0. The van der Waals surface area contributed by atoms with Gasteiger partial charge < -0.3 is 20.1 Å². The van der Waals surface area contributed by atoms with E-state index in [-0.39, 0.29) is 38.6 Å². The number of carbonyl (C=O) groups excluding carboxylic acids is 2. The minimum atomic E-state index is -4.39. The van der Waals surface area contributed by atoms with Crippen LogP contribution in [0.3, 0.4) is 0 Å². The fourth-order valence-corrected chi connectivity index (χ4v) is 8.92. The first-order valence-electron chi connectivity index (χ1n) is 28.8. The number of rotatable bonds is 54. The molecule has 0 bridgehead atoms. The molecule has 0 aliphatic rings. The lowest BCUT2D eigenvalue weighted by Crippen LogP contribution is -2.29. The van der Waals surface area contributed by atoms with Gasteiger partial charge in [0, 0.05) is 19.4 Å². The SMILES string of the molecule is CC/C=C\C/C=C\C/C=C\C/C=C\CCCCCCCCCCCCCCCCC(=O)OC(COC(=O)CCCCCCCCCCC/C=C\CCCCCCCCCC)COP(=O)(O)OCCN. The van der Waals surface area contributed by atoms with Crippen LogP contribution in [0.2, 0.25) is 0 Å². The summed E-state index contributed by atoms with van der Waals surface area (Å²) in [4.78, 5) is 35.2. The number of unbranched alkanes of at least 4 members (excludes halogenated alkanes) is 31. The second-order valence-corrected chi connectivity index (χ2v) is 20.6. The maximum Gasteiger partial charge on any atom is 0.472 e. The van der Waals surface area contributed by atoms with Crippen LogP contribution in [-0.4, -0.2) is 49.3 Å². The van der Waals surface area contributed by atoms with E-state index in [1.165, 1.54) is 173 Å². The van der Waals surface area contributed by atoms with Crippen molar-refractivity contribution in [3.05, 3.63) is 60.8 Å². The predicted molar refractivity (Wildman–Crippen MR) is 293 cm³/mol. The molecule has 0 aromatic rings. The van der Waals surface area contributed by atoms with Crippen LogP contribution in [0.4, 0.5) is 0 Å². The number of hydrogen-bond donors (Lipinski definition) is 2. The summed E-state index contributed by atoms with van der Waals surface area (Å²) < 4.78 is 33.0. The van der Waals surface area contributed by atoms with Crippen molar-refractivity contribution in [3.8, 4) is 0 Å². The highest BCUT2D eigenvalue weighted by molar-refractivity contribution is 7.47. The Morgan fingerprint density at radius 2 is 0.797 bits per heavy atom. The Hall–Kier alpha value is -2.29. The van der Waals surface area contributed by atoms with Crippen molar-refractivity contribution in [2.75, 3.05) is 26.4 Å². The lowest BCUT2D eigenvalue weighted by Gasteiger charge is -2.19. The highest BCUT2D eigenvalue weighted by atomic mass is 31.2. The largest absolute Gasteiger partial charge is 0.472 e. The molecule has 2 atom stereocenters. The number of nitrogens with two attached hydrogens (primary N) is 1. The fraction of sp³-hybridized carbons (Fsp3) is 0.797. The molecule has 402 valence electrons. The van der Waals surface area contributed by atoms with E-state index in [4.69, 9.17) is 24.3 Å². The number of ether oxygens (including phenoxy) is 2. The third-order valence-electron chi connectivity index (χ3n) is 12.4. The van der Waals surface area contributed by atoms with Crippen molar-refractivity contribution in [1.82, 2.24) is 0 Å². The molecule has 0 rings (SSSR count). The molecule has 0 heterocycles. The van der Waals surface area contributed by atoms with Gasteiger partial charge in [0.25, 0.3) is 0 Å². The molecule has 0 fully saturated rings. The minimum absolute atomic E-state index is 0.0524. The standard InChI is InChI=1S/C59H108NO8P/c1-3-5-7-9-11-13-15-17-19-21-23-25-26-27-28-29-30-32-34-36-38-40-42-44-46-48-50-52-59(62)68-57(56-67-69(63,64)66-54-53-60)55-65-58(61)51-49-47-45-43-41-39-37-35-33-31-24-22-20-18-16-14-12-10-8-6-4-2/h5,7,11,13,17,19,22-25,57H,3-4,6,8-10,12,14-16,18,20-21,26-56,60H2,1-2H3,(H,63,64)/b7-5-,13-11-,19-17-,24-22-,25-23-. The summed E-state index contributed by atoms with van der Waals surface area (Å²) in [5.74, 6) is -0.823. The predicted octanol–water partition coefficient (Wildman–Crippen LogP) is 18.0. The molecule has 10 heteroatoms. The lowest BCUT2D eigenvalue weighted by atomic mass is 10.0. The highest BCUT2D eigenvalue weighted by Gasteiger charge is 2.26. The molecule has 69 heavy (non-hydrogen) atoms. The van der Waals surface area contributed by atoms with E-state index in [1.54, 1.807) is 0 Å². The first kappa shape index (κ1) is 66.7. The van der Waals surface area contributed by atoms with Gasteiger partial charge in [-0.25, -0.2) is 4.57 Å². The van der Waals surface area contributed by atoms with Gasteiger partial charge in [-0.05, 0) is 77.0 Å². The van der Waals surface area contributed by atoms with Gasteiger partial charge in [0.05, 0.1) is 13.2 Å². The van der Waals surface area contributed by atoms with Gasteiger partial charge in [-0.15, -0.1) is 0 Å². The van der Waals surface area contributed by atoms with Crippen LogP contribution in [0, 0.1) is 0 Å². The molecule has 9 nitrogen and oxygen atoms in total. The minimum Gasteiger partial charge on any atom is -0.462 e. The molecule has 0 radical (unpaired) electrons. The van der Waals surface area contributed by atoms with Crippen molar-refractivity contribution < 1.29 is 37.6 Å². The van der Waals surface area contributed by atoms with E-state index < -0.39 is 26.5 Å². The van der Waals surface area contributed by atoms with Gasteiger partial charge in [0.15, 0.2) is 6.10 Å². The molecule has 3 N–H and O–H groups in total. The van der Waals surface area contributed by atoms with E-state index in [2.05, 4.69) is 74.6 Å². The highest BCUT2D eigenvalue weighted by Crippen LogP contribution is 2.43. The van der Waals surface area contributed by atoms with Crippen LogP contribution >= 0.6 is 7.82 Å². The Bertz CT molecular complexity index is 1310. The molecular weight excluding hydrogens is 882 g/mol. The Kier molecular flexibility index (Phi) is 53.2. The van der Waals surface area contributed by atoms with E-state index >= 15 is 0 Å². The summed E-state index contributed by atoms with van der Waals surface area (Å²) in [5.41, 5.74) is 5.38. The Labute approximate surface area is 425 Å². The van der Waals surface area contributed by atoms with Gasteiger partial charge in [-0.3, -0.25) is 18.6 Å². The number of esters is 2. The van der Waals surface area contributed by atoms with Crippen molar-refractivity contribution in [3.63, 3.8) is 0 Å². The van der Waals surface area contributed by atoms with E-state index in [0.717, 1.165) is 64.2 Å². The van der Waals surface area contributed by atoms with Gasteiger partial charge in [-0.2, -0.15) is 0 Å². The average molecular weight is 990 g/mol. The zero-order valence-corrected chi connectivity index (χ0v) is 45.7. The molecular formula is C59H108NO8P. The van der Waals surface area contributed by atoms with E-state index in [9.17, 15) is 19.0 Å². The molecule has 0 aromatic heterocycles. The third-order valence-corrected chi connectivity index (χ3v) is 13.4. The van der Waals surface area contributed by atoms with Gasteiger partial charge >= 0.3 is 19.8 Å². The van der Waals surface area contributed by atoms with Crippen molar-refractivity contribution in [1.29, 1.82) is 0 Å². The molecule has 2 unspecified atom stereocenters. The zero-order valence-electron chi connectivity index (χ0n) is 44.8. The van der Waals surface area contributed by atoms with Gasteiger partial charge in [0.2, 0.25) is 0 Å². The quantitative estimate of drug-likeness (QED) is 0.0264. The summed E-state index contributed by atoms with van der Waals surface area (Å²) in [6.45, 7) is 3.66. The Balaban J connectivity index is 3.96. The second-order valence-electron chi connectivity index (χ2n) is 19.1. The third kappa shape index (κ3) is 54.9. The van der Waals surface area contributed by atoms with Crippen LogP contribution < -0.4 is 5.73 Å². The smallest absolute Gasteiger partial charge is 0.462 e. The Morgan fingerprint density at radius 3 is 1.20 bits per heavy atom. The number of phosphoric ester groups is 1. The van der Waals surface area contributed by atoms with E-state index in [0.29, 0.717) is 6.42 Å². The molecule has 0 aliphatic carbocycles. The molecule has 0 amide bonds. The summed E-state index contributed by atoms with van der Waals surface area (Å²) in [7, 11) is -4.39. The maximum absolute atomic E-state index is 12.7. The Morgan fingerprint density at radius 1 is 0.449 bits per heavy atom. The van der Waals surface area contributed by atoms with Crippen molar-refractivity contribution in [2.24, 2.45) is 5.73 Å². The van der Waals surface area contributed by atoms with Crippen molar-refractivity contribution >= 4 is 19.8 Å². The molecule has 0 saturated carbocycles. The average Bonchev–Trinajstić information content (AvgIpc) is 3.34. The summed E-state index contributed by atoms with van der Waals surface area (Å²) in [6.07, 6.45) is 68.4. The van der Waals surface area contributed by atoms with Crippen LogP contribution in [0.1, 0.15) is 271 Å². The van der Waals surface area contributed by atoms with Crippen LogP contribution in [0.5, 0.6) is 0 Å². The summed E-state index contributed by atoms with van der Waals surface area (Å²) in [6, 6.07) is 0. The van der Waals surface area contributed by atoms with E-state index in [1.807, 2.05) is 0 Å². The number of carbonyl (C=O) groups is 2. The fourth-order valence-electron chi connectivity index (χ4n) is 8.15. The number of allylic oxidation sites excluding steroid dienone is 10. The molecule has 0 aliphatic heterocycles. The van der Waals surface area contributed by atoms with Gasteiger partial charge in [0.1, 0.15) is 6.61 Å². The molecule has 0 saturated heterocycles. The van der Waals surface area contributed by atoms with Crippen LogP contribution in [0.15, 0.2) is 60.8 Å². The van der Waals surface area contributed by atoms with Gasteiger partial charge in [-0.1, -0.05) is 242 Å². The molecule has 0 aromatic carbocycles. The van der Waals surface area contributed by atoms with Crippen LogP contribution in [0.25, 0.3) is 0 Å². The number of phosphoric acid groups is 1. The number of hydrogen-bond acceptors (Lipinski definition) is 8. The normalized spacial score (nSPS) is 13.5.